The van der Waals surface area contributed by atoms with Crippen molar-refractivity contribution in [2.75, 3.05) is 6.61 Å². The van der Waals surface area contributed by atoms with E-state index in [1.165, 1.54) is 57.8 Å². The quantitative estimate of drug-likeness (QED) is 0.864. The molecule has 1 saturated carbocycles. The highest BCUT2D eigenvalue weighted by atomic mass is 16.5. The molecule has 1 N–H and O–H groups in total. The molecule has 1 aromatic rings. The molecule has 0 saturated heterocycles. The second kappa shape index (κ2) is 9.25. The van der Waals surface area contributed by atoms with E-state index in [9.17, 15) is 4.79 Å². The van der Waals surface area contributed by atoms with Gasteiger partial charge in [0.05, 0.1) is 6.61 Å². The first-order valence-corrected chi connectivity index (χ1v) is 10.3. The average molecular weight is 348 g/mol. The maximum absolute atomic E-state index is 12.8. The second-order valence-electron chi connectivity index (χ2n) is 7.63. The van der Waals surface area contributed by atoms with Crippen LogP contribution in [0.3, 0.4) is 0 Å². The molecule has 0 atom stereocenters. The molecule has 2 aliphatic rings. The Bertz CT molecular complexity index is 556. The van der Waals surface area contributed by atoms with Gasteiger partial charge in [0.1, 0.15) is 0 Å². The zero-order valence-corrected chi connectivity index (χ0v) is 15.7. The van der Waals surface area contributed by atoms with Crippen molar-refractivity contribution in [3.63, 3.8) is 0 Å². The summed E-state index contributed by atoms with van der Waals surface area (Å²) in [6.45, 7) is 3.50. The van der Waals surface area contributed by atoms with Crippen molar-refractivity contribution in [2.24, 2.45) is 0 Å². The van der Waals surface area contributed by atoms with Gasteiger partial charge in [0, 0.05) is 24.6 Å². The van der Waals surface area contributed by atoms with E-state index in [-0.39, 0.29) is 11.9 Å². The molecule has 1 fully saturated rings. The minimum absolute atomic E-state index is 0.0277. The highest BCUT2D eigenvalue weighted by Gasteiger charge is 2.24. The summed E-state index contributed by atoms with van der Waals surface area (Å²) < 4.78 is 7.53. The van der Waals surface area contributed by atoms with E-state index >= 15 is 0 Å². The number of aromatic nitrogens is 2. The number of nitrogens with one attached hydrogen (secondary N) is 1. The number of rotatable bonds is 2. The van der Waals surface area contributed by atoms with Crippen molar-refractivity contribution < 1.29 is 9.53 Å². The molecule has 140 valence electrons. The summed E-state index contributed by atoms with van der Waals surface area (Å²) in [5.41, 5.74) is 1.42. The van der Waals surface area contributed by atoms with Gasteiger partial charge >= 0.3 is 0 Å². The number of carbonyl (C=O) groups excluding carboxylic acids is 1. The molecule has 0 spiro atoms. The Labute approximate surface area is 151 Å². The SMILES string of the molecule is Cc1c(C(=O)NC2CCCCCCCCCCC2)nn2c1OCCC2. The standard InChI is InChI=1S/C20H33N3O2/c1-16-18(22-23-14-11-15-25-20(16)23)19(24)21-17-12-9-7-5-3-2-4-6-8-10-13-17/h17H,2-15H2,1H3,(H,21,24). The van der Waals surface area contributed by atoms with E-state index in [2.05, 4.69) is 10.4 Å². The van der Waals surface area contributed by atoms with Crippen LogP contribution < -0.4 is 10.1 Å². The van der Waals surface area contributed by atoms with Crippen LogP contribution in [-0.2, 0) is 6.54 Å². The molecule has 2 heterocycles. The van der Waals surface area contributed by atoms with Crippen LogP contribution in [0.2, 0.25) is 0 Å². The van der Waals surface area contributed by atoms with Gasteiger partial charge in [-0.05, 0) is 19.8 Å². The third-order valence-corrected chi connectivity index (χ3v) is 5.54. The largest absolute Gasteiger partial charge is 0.478 e. The fourth-order valence-corrected chi connectivity index (χ4v) is 4.03. The zero-order valence-electron chi connectivity index (χ0n) is 15.7. The van der Waals surface area contributed by atoms with Gasteiger partial charge in [-0.2, -0.15) is 5.10 Å². The number of ether oxygens (including phenoxy) is 1. The minimum atomic E-state index is -0.0277. The highest BCUT2D eigenvalue weighted by Crippen LogP contribution is 2.25. The molecule has 5 nitrogen and oxygen atoms in total. The molecular formula is C20H33N3O2. The van der Waals surface area contributed by atoms with Gasteiger partial charge in [-0.25, -0.2) is 4.68 Å². The molecule has 5 heteroatoms. The number of fused-ring (bicyclic) bond motifs is 1. The summed E-state index contributed by atoms with van der Waals surface area (Å²) in [5, 5.41) is 7.77. The van der Waals surface area contributed by atoms with Gasteiger partial charge in [-0.1, -0.05) is 57.8 Å². The first kappa shape index (κ1) is 18.3. The Kier molecular flexibility index (Phi) is 6.76. The third-order valence-electron chi connectivity index (χ3n) is 5.54. The summed E-state index contributed by atoms with van der Waals surface area (Å²) in [6.07, 6.45) is 15.0. The van der Waals surface area contributed by atoms with E-state index in [1.54, 1.807) is 0 Å². The molecule has 1 aliphatic carbocycles. The van der Waals surface area contributed by atoms with Crippen molar-refractivity contribution in [2.45, 2.75) is 96.6 Å². The lowest BCUT2D eigenvalue weighted by Gasteiger charge is -2.19. The fraction of sp³-hybridized carbons (Fsp3) is 0.800. The number of nitrogens with zero attached hydrogens (tertiary/aromatic N) is 2. The van der Waals surface area contributed by atoms with E-state index in [4.69, 9.17) is 4.74 Å². The first-order chi connectivity index (χ1) is 12.3. The van der Waals surface area contributed by atoms with Crippen LogP contribution in [0.25, 0.3) is 0 Å². The summed E-state index contributed by atoms with van der Waals surface area (Å²) in [6, 6.07) is 0.283. The summed E-state index contributed by atoms with van der Waals surface area (Å²) in [4.78, 5) is 12.8. The molecule has 3 rings (SSSR count). The van der Waals surface area contributed by atoms with E-state index in [0.29, 0.717) is 5.69 Å². The maximum atomic E-state index is 12.8. The van der Waals surface area contributed by atoms with Crippen LogP contribution in [0.15, 0.2) is 0 Å². The molecule has 0 aromatic carbocycles. The molecule has 0 radical (unpaired) electrons. The number of hydrogen-bond donors (Lipinski definition) is 1. The van der Waals surface area contributed by atoms with Gasteiger partial charge in [0.2, 0.25) is 5.88 Å². The molecule has 1 aliphatic heterocycles. The van der Waals surface area contributed by atoms with Crippen LogP contribution in [0.5, 0.6) is 5.88 Å². The number of aryl methyl sites for hydroxylation is 1. The van der Waals surface area contributed by atoms with E-state index in [1.807, 2.05) is 11.6 Å². The summed E-state index contributed by atoms with van der Waals surface area (Å²) >= 11 is 0. The van der Waals surface area contributed by atoms with Gasteiger partial charge in [0.25, 0.3) is 5.91 Å². The maximum Gasteiger partial charge on any atom is 0.272 e. The Balaban J connectivity index is 1.60. The monoisotopic (exact) mass is 347 g/mol. The van der Waals surface area contributed by atoms with E-state index in [0.717, 1.165) is 43.9 Å². The smallest absolute Gasteiger partial charge is 0.272 e. The topological polar surface area (TPSA) is 56.2 Å². The molecule has 25 heavy (non-hydrogen) atoms. The van der Waals surface area contributed by atoms with Gasteiger partial charge < -0.3 is 10.1 Å². The van der Waals surface area contributed by atoms with Gasteiger partial charge in [0.15, 0.2) is 5.69 Å². The molecule has 1 amide bonds. The Morgan fingerprint density at radius 1 is 1.00 bits per heavy atom. The van der Waals surface area contributed by atoms with Crippen LogP contribution in [0.1, 0.15) is 93.1 Å². The lowest BCUT2D eigenvalue weighted by molar-refractivity contribution is 0.0925. The number of amides is 1. The normalized spacial score (nSPS) is 20.7. The summed E-state index contributed by atoms with van der Waals surface area (Å²) in [7, 11) is 0. The Morgan fingerprint density at radius 2 is 1.60 bits per heavy atom. The minimum Gasteiger partial charge on any atom is -0.478 e. The van der Waals surface area contributed by atoms with Gasteiger partial charge in [-0.3, -0.25) is 4.79 Å². The van der Waals surface area contributed by atoms with Crippen LogP contribution in [0, 0.1) is 6.92 Å². The number of hydrogen-bond acceptors (Lipinski definition) is 3. The number of carbonyl (C=O) groups is 1. The summed E-state index contributed by atoms with van der Waals surface area (Å²) in [5.74, 6) is 0.746. The van der Waals surface area contributed by atoms with Crippen molar-refractivity contribution in [1.29, 1.82) is 0 Å². The third kappa shape index (κ3) is 4.99. The van der Waals surface area contributed by atoms with Crippen LogP contribution >= 0.6 is 0 Å². The lowest BCUT2D eigenvalue weighted by Crippen LogP contribution is -2.35. The second-order valence-corrected chi connectivity index (χ2v) is 7.63. The predicted octanol–water partition coefficient (Wildman–Crippen LogP) is 4.38. The van der Waals surface area contributed by atoms with Gasteiger partial charge in [-0.15, -0.1) is 0 Å². The highest BCUT2D eigenvalue weighted by molar-refractivity contribution is 5.94. The fourth-order valence-electron chi connectivity index (χ4n) is 4.03. The van der Waals surface area contributed by atoms with Crippen molar-refractivity contribution in [3.05, 3.63) is 11.3 Å². The van der Waals surface area contributed by atoms with Crippen LogP contribution in [0.4, 0.5) is 0 Å². The van der Waals surface area contributed by atoms with Crippen LogP contribution in [-0.4, -0.2) is 28.3 Å². The van der Waals surface area contributed by atoms with E-state index < -0.39 is 0 Å². The lowest BCUT2D eigenvalue weighted by atomic mass is 9.98. The molecule has 0 unspecified atom stereocenters. The zero-order chi connectivity index (χ0) is 17.5. The van der Waals surface area contributed by atoms with Crippen molar-refractivity contribution >= 4 is 5.91 Å². The van der Waals surface area contributed by atoms with Crippen molar-refractivity contribution in [3.8, 4) is 5.88 Å². The molecule has 0 bridgehead atoms. The Hall–Kier alpha value is -1.52. The molecule has 1 aromatic heterocycles. The Morgan fingerprint density at radius 3 is 2.20 bits per heavy atom. The van der Waals surface area contributed by atoms with Crippen molar-refractivity contribution in [1.82, 2.24) is 15.1 Å². The first-order valence-electron chi connectivity index (χ1n) is 10.3. The predicted molar refractivity (Wildman–Crippen MR) is 99.1 cm³/mol. The molecular weight excluding hydrogens is 314 g/mol. The average Bonchev–Trinajstić information content (AvgIpc) is 2.95.